The predicted octanol–water partition coefficient (Wildman–Crippen LogP) is 3.78. The van der Waals surface area contributed by atoms with Gasteiger partial charge >= 0.3 is 0 Å². The maximum atomic E-state index is 13.0. The van der Waals surface area contributed by atoms with E-state index >= 15 is 0 Å². The molecule has 0 spiro atoms. The highest BCUT2D eigenvalue weighted by atomic mass is 16.5. The fraction of sp³-hybridized carbons (Fsp3) is 0.409. The summed E-state index contributed by atoms with van der Waals surface area (Å²) in [4.78, 5) is 15.4. The summed E-state index contributed by atoms with van der Waals surface area (Å²) >= 11 is 0. The summed E-state index contributed by atoms with van der Waals surface area (Å²) in [7, 11) is 1.59. The van der Waals surface area contributed by atoms with Crippen LogP contribution in [0.3, 0.4) is 0 Å². The second-order valence-electron chi connectivity index (χ2n) is 6.89. The van der Waals surface area contributed by atoms with Crippen LogP contribution in [0.4, 0.5) is 0 Å². The molecule has 0 atom stereocenters. The van der Waals surface area contributed by atoms with Crippen LogP contribution < -0.4 is 14.2 Å². The molecule has 27 heavy (non-hydrogen) atoms. The first-order valence-electron chi connectivity index (χ1n) is 9.61. The maximum Gasteiger partial charge on any atom is 0.194 e. The predicted molar refractivity (Wildman–Crippen MR) is 104 cm³/mol. The van der Waals surface area contributed by atoms with E-state index in [4.69, 9.17) is 14.2 Å². The molecule has 0 N–H and O–H groups in total. The number of carbonyl (C=O) groups is 1. The molecule has 1 fully saturated rings. The fourth-order valence-electron chi connectivity index (χ4n) is 3.95. The van der Waals surface area contributed by atoms with Crippen molar-refractivity contribution in [2.24, 2.45) is 0 Å². The van der Waals surface area contributed by atoms with Crippen LogP contribution >= 0.6 is 0 Å². The van der Waals surface area contributed by atoms with E-state index in [0.29, 0.717) is 35.8 Å². The molecule has 5 nitrogen and oxygen atoms in total. The largest absolute Gasteiger partial charge is 0.497 e. The molecule has 2 aliphatic rings. The molecule has 142 valence electrons. The van der Waals surface area contributed by atoms with Gasteiger partial charge in [0, 0.05) is 34.9 Å². The monoisotopic (exact) mass is 367 g/mol. The molecule has 2 aromatic carbocycles. The number of ether oxygens (including phenoxy) is 3. The second-order valence-corrected chi connectivity index (χ2v) is 6.89. The van der Waals surface area contributed by atoms with Crippen molar-refractivity contribution in [3.05, 3.63) is 41.5 Å². The highest BCUT2D eigenvalue weighted by Gasteiger charge is 2.33. The topological polar surface area (TPSA) is 48.0 Å². The standard InChI is InChI=1S/C22H25NO4/c1-3-26-19-14-15(25-2)13-17-21(19)20-16(22(17)24)7-6-8-18(20)27-12-11-23-9-4-5-10-23/h6-8,13-14H,3-5,9-12H2,1-2H3. The van der Waals surface area contributed by atoms with E-state index in [1.54, 1.807) is 13.2 Å². The van der Waals surface area contributed by atoms with Crippen molar-refractivity contribution in [2.75, 3.05) is 40.0 Å². The molecule has 1 aliphatic heterocycles. The van der Waals surface area contributed by atoms with Crippen LogP contribution in [0, 0.1) is 0 Å². The molecule has 1 heterocycles. The molecular weight excluding hydrogens is 342 g/mol. The van der Waals surface area contributed by atoms with Crippen molar-refractivity contribution in [1.82, 2.24) is 4.90 Å². The Morgan fingerprint density at radius 1 is 1.00 bits per heavy atom. The van der Waals surface area contributed by atoms with Gasteiger partial charge in [0.2, 0.25) is 0 Å². The molecule has 4 rings (SSSR count). The zero-order chi connectivity index (χ0) is 18.8. The van der Waals surface area contributed by atoms with Crippen molar-refractivity contribution in [1.29, 1.82) is 0 Å². The Morgan fingerprint density at radius 2 is 1.78 bits per heavy atom. The molecule has 2 aromatic rings. The molecular formula is C22H25NO4. The number of nitrogens with zero attached hydrogens (tertiary/aromatic N) is 1. The average molecular weight is 367 g/mol. The summed E-state index contributed by atoms with van der Waals surface area (Å²) in [5.41, 5.74) is 2.93. The van der Waals surface area contributed by atoms with Crippen LogP contribution in [0.25, 0.3) is 11.1 Å². The van der Waals surface area contributed by atoms with E-state index in [0.717, 1.165) is 36.5 Å². The highest BCUT2D eigenvalue weighted by Crippen LogP contribution is 2.48. The number of fused-ring (bicyclic) bond motifs is 3. The van der Waals surface area contributed by atoms with Gasteiger partial charge in [0.05, 0.1) is 13.7 Å². The fourth-order valence-corrected chi connectivity index (χ4v) is 3.95. The quantitative estimate of drug-likeness (QED) is 0.636. The van der Waals surface area contributed by atoms with E-state index in [9.17, 15) is 4.79 Å². The number of ketones is 1. The lowest BCUT2D eigenvalue weighted by Crippen LogP contribution is -2.25. The van der Waals surface area contributed by atoms with Gasteiger partial charge in [0.25, 0.3) is 0 Å². The number of benzene rings is 2. The minimum Gasteiger partial charge on any atom is -0.497 e. The highest BCUT2D eigenvalue weighted by molar-refractivity contribution is 6.23. The van der Waals surface area contributed by atoms with Crippen LogP contribution in [0.2, 0.25) is 0 Å². The van der Waals surface area contributed by atoms with E-state index < -0.39 is 0 Å². The Labute approximate surface area is 159 Å². The maximum absolute atomic E-state index is 13.0. The number of carbonyl (C=O) groups excluding carboxylic acids is 1. The van der Waals surface area contributed by atoms with Crippen LogP contribution in [0.5, 0.6) is 17.2 Å². The van der Waals surface area contributed by atoms with Gasteiger partial charge < -0.3 is 14.2 Å². The first kappa shape index (κ1) is 17.9. The number of hydrogen-bond acceptors (Lipinski definition) is 5. The van der Waals surface area contributed by atoms with E-state index in [2.05, 4.69) is 4.90 Å². The normalized spacial score (nSPS) is 15.6. The second kappa shape index (κ2) is 7.61. The SMILES string of the molecule is CCOc1cc(OC)cc2c1-c1c(OCCN3CCCC3)cccc1C2=O. The molecule has 0 saturated carbocycles. The van der Waals surface area contributed by atoms with Gasteiger partial charge in [-0.2, -0.15) is 0 Å². The van der Waals surface area contributed by atoms with Gasteiger partial charge in [-0.1, -0.05) is 12.1 Å². The Hall–Kier alpha value is -2.53. The lowest BCUT2D eigenvalue weighted by atomic mass is 10.0. The molecule has 0 amide bonds. The van der Waals surface area contributed by atoms with E-state index in [1.165, 1.54) is 12.8 Å². The Bertz CT molecular complexity index is 856. The van der Waals surface area contributed by atoms with Gasteiger partial charge in [-0.25, -0.2) is 0 Å². The minimum atomic E-state index is -0.00940. The lowest BCUT2D eigenvalue weighted by molar-refractivity contribution is 0.104. The summed E-state index contributed by atoms with van der Waals surface area (Å²) in [5.74, 6) is 2.01. The van der Waals surface area contributed by atoms with Gasteiger partial charge in [0.1, 0.15) is 23.9 Å². The van der Waals surface area contributed by atoms with Gasteiger partial charge in [0.15, 0.2) is 5.78 Å². The number of hydrogen-bond donors (Lipinski definition) is 0. The van der Waals surface area contributed by atoms with Crippen LogP contribution in [0.1, 0.15) is 35.7 Å². The molecule has 5 heteroatoms. The third-order valence-electron chi connectivity index (χ3n) is 5.24. The minimum absolute atomic E-state index is 0.00940. The van der Waals surface area contributed by atoms with Gasteiger partial charge in [-0.3, -0.25) is 9.69 Å². The van der Waals surface area contributed by atoms with Crippen molar-refractivity contribution >= 4 is 5.78 Å². The van der Waals surface area contributed by atoms with Crippen LogP contribution in [-0.4, -0.2) is 50.6 Å². The zero-order valence-electron chi connectivity index (χ0n) is 15.9. The molecule has 1 aliphatic carbocycles. The molecule has 0 aromatic heterocycles. The third-order valence-corrected chi connectivity index (χ3v) is 5.24. The summed E-state index contributed by atoms with van der Waals surface area (Å²) in [6.07, 6.45) is 2.53. The summed E-state index contributed by atoms with van der Waals surface area (Å²) in [6, 6.07) is 9.30. The average Bonchev–Trinajstić information content (AvgIpc) is 3.30. The molecule has 0 bridgehead atoms. The number of likely N-dealkylation sites (tertiary alicyclic amines) is 1. The Balaban J connectivity index is 1.69. The summed E-state index contributed by atoms with van der Waals surface area (Å²) in [6.45, 7) is 6.26. The van der Waals surface area contributed by atoms with Gasteiger partial charge in [-0.05, 0) is 45.0 Å². The Kier molecular flexibility index (Phi) is 5.03. The third kappa shape index (κ3) is 3.28. The molecule has 1 saturated heterocycles. The first-order valence-corrected chi connectivity index (χ1v) is 9.61. The van der Waals surface area contributed by atoms with E-state index in [1.807, 2.05) is 31.2 Å². The van der Waals surface area contributed by atoms with Gasteiger partial charge in [-0.15, -0.1) is 0 Å². The zero-order valence-corrected chi connectivity index (χ0v) is 15.9. The molecule has 0 unspecified atom stereocenters. The smallest absolute Gasteiger partial charge is 0.194 e. The van der Waals surface area contributed by atoms with Crippen molar-refractivity contribution < 1.29 is 19.0 Å². The van der Waals surface area contributed by atoms with Crippen molar-refractivity contribution in [3.8, 4) is 28.4 Å². The van der Waals surface area contributed by atoms with E-state index in [-0.39, 0.29) is 5.78 Å². The number of methoxy groups -OCH3 is 1. The van der Waals surface area contributed by atoms with Crippen molar-refractivity contribution in [2.45, 2.75) is 19.8 Å². The van der Waals surface area contributed by atoms with Crippen LogP contribution in [-0.2, 0) is 0 Å². The first-order chi connectivity index (χ1) is 13.2. The lowest BCUT2D eigenvalue weighted by Gasteiger charge is -2.17. The summed E-state index contributed by atoms with van der Waals surface area (Å²) in [5, 5.41) is 0. The number of rotatable bonds is 7. The molecule has 0 radical (unpaired) electrons. The summed E-state index contributed by atoms with van der Waals surface area (Å²) < 4.78 is 17.3. The van der Waals surface area contributed by atoms with Crippen LogP contribution in [0.15, 0.2) is 30.3 Å². The Morgan fingerprint density at radius 3 is 2.52 bits per heavy atom. The van der Waals surface area contributed by atoms with Crippen molar-refractivity contribution in [3.63, 3.8) is 0 Å².